The first-order valence-corrected chi connectivity index (χ1v) is 32.1. The van der Waals surface area contributed by atoms with Crippen LogP contribution in [0.25, 0.3) is 55.6 Å². The number of rotatable bonds is 3. The normalized spacial score (nSPS) is 15.1. The summed E-state index contributed by atoms with van der Waals surface area (Å²) in [5, 5.41) is 0. The van der Waals surface area contributed by atoms with E-state index in [1.807, 2.05) is 0 Å². The van der Waals surface area contributed by atoms with Crippen LogP contribution in [0, 0.1) is 0 Å². The molecule has 2 nitrogen and oxygen atoms in total. The molecule has 12 aromatic carbocycles. The molecule has 0 saturated carbocycles. The van der Waals surface area contributed by atoms with Crippen LogP contribution in [0.3, 0.4) is 0 Å². The van der Waals surface area contributed by atoms with Crippen molar-refractivity contribution in [3.05, 3.63) is 316 Å². The van der Waals surface area contributed by atoms with E-state index in [1.54, 1.807) is 0 Å². The van der Waals surface area contributed by atoms with Crippen LogP contribution in [0.2, 0.25) is 0 Å². The average Bonchev–Trinajstić information content (AvgIpc) is 1.57. The van der Waals surface area contributed by atoms with E-state index in [0.717, 1.165) is 0 Å². The van der Waals surface area contributed by atoms with Crippen molar-refractivity contribution in [1.29, 1.82) is 0 Å². The topological polar surface area (TPSA) is 6.48 Å². The van der Waals surface area contributed by atoms with Crippen LogP contribution in [-0.4, -0.2) is 6.71 Å². The molecule has 0 aromatic heterocycles. The van der Waals surface area contributed by atoms with Gasteiger partial charge in [0, 0.05) is 33.9 Å². The van der Waals surface area contributed by atoms with E-state index in [1.165, 1.54) is 167 Å². The number of nitrogens with zero attached hydrogens (tertiary/aromatic N) is 2. The third-order valence-electron chi connectivity index (χ3n) is 21.4. The van der Waals surface area contributed by atoms with Gasteiger partial charge in [-0.1, -0.05) is 281 Å². The van der Waals surface area contributed by atoms with Crippen LogP contribution < -0.4 is 26.2 Å². The zero-order valence-electron chi connectivity index (χ0n) is 52.2. The fraction of sp³-hybridized carbons (Fsp3) is 0.163. The summed E-state index contributed by atoms with van der Waals surface area (Å²) in [4.78, 5) is 5.51. The van der Waals surface area contributed by atoms with E-state index in [4.69, 9.17) is 0 Å². The van der Waals surface area contributed by atoms with E-state index < -0.39 is 10.8 Å². The number of hydrogen-bond donors (Lipinski definition) is 0. The Labute approximate surface area is 524 Å². The van der Waals surface area contributed by atoms with Gasteiger partial charge in [-0.25, -0.2) is 0 Å². The van der Waals surface area contributed by atoms with Gasteiger partial charge in [0.1, 0.15) is 0 Å². The van der Waals surface area contributed by atoms with Gasteiger partial charge < -0.3 is 9.80 Å². The molecule has 0 N–H and O–H groups in total. The molecule has 0 amide bonds. The van der Waals surface area contributed by atoms with Crippen molar-refractivity contribution < 1.29 is 0 Å². The summed E-state index contributed by atoms with van der Waals surface area (Å²) in [7, 11) is 0. The lowest BCUT2D eigenvalue weighted by atomic mass is 9.33. The second-order valence-electron chi connectivity index (χ2n) is 29.1. The molecular formula is C86H69BN2. The monoisotopic (exact) mass is 1140 g/mol. The third kappa shape index (κ3) is 6.83. The van der Waals surface area contributed by atoms with Crippen molar-refractivity contribution in [1.82, 2.24) is 0 Å². The van der Waals surface area contributed by atoms with Gasteiger partial charge in [-0.05, 0) is 175 Å². The molecule has 18 rings (SSSR count). The van der Waals surface area contributed by atoms with Crippen molar-refractivity contribution in [3.8, 4) is 55.6 Å². The van der Waals surface area contributed by atoms with E-state index in [-0.39, 0.29) is 23.0 Å². The first-order chi connectivity index (χ1) is 43.1. The van der Waals surface area contributed by atoms with Crippen LogP contribution in [0.5, 0.6) is 0 Å². The summed E-state index contributed by atoms with van der Waals surface area (Å²) >= 11 is 0. The van der Waals surface area contributed by atoms with Crippen LogP contribution in [0.4, 0.5) is 34.1 Å². The highest BCUT2D eigenvalue weighted by Crippen LogP contribution is 2.68. The number of anilines is 6. The van der Waals surface area contributed by atoms with Crippen LogP contribution in [-0.2, 0) is 27.1 Å². The molecule has 89 heavy (non-hydrogen) atoms. The summed E-state index contributed by atoms with van der Waals surface area (Å²) in [6, 6.07) is 99.9. The Balaban J connectivity index is 1.00. The molecule has 12 aromatic rings. The van der Waals surface area contributed by atoms with Gasteiger partial charge in [-0.3, -0.25) is 0 Å². The van der Waals surface area contributed by atoms with Crippen LogP contribution in [0.15, 0.2) is 255 Å². The smallest absolute Gasteiger partial charge is 0.252 e. The molecule has 6 aliphatic rings. The quantitative estimate of drug-likeness (QED) is 0.163. The fourth-order valence-electron chi connectivity index (χ4n) is 17.4. The maximum atomic E-state index is 2.76. The standard InChI is InChI=1S/C86H69BN2/c1-82(2,3)54-42-40-52(41-43-54)53-48-77-81-78(49-53)89(74-39-23-31-64-62-29-15-21-37-70(62)86(80(64)74)67-34-18-12-26-59(67)60-27-13-19-35-68(60)86)76-51-56(84(7,8)9)45-47-72(76)87(81)71-46-44-55(83(4,5)6)50-75(71)88(77)73-38-22-30-63-61-28-14-20-36-69(61)85(79(63)73)65-32-16-10-24-57(65)58-25-11-17-33-66(58)85/h10-51H,1-9H3. The Kier molecular flexibility index (Phi) is 10.6. The maximum Gasteiger partial charge on any atom is 0.252 e. The van der Waals surface area contributed by atoms with E-state index in [2.05, 4.69) is 327 Å². The van der Waals surface area contributed by atoms with E-state index in [9.17, 15) is 0 Å². The number of benzene rings is 12. The summed E-state index contributed by atoms with van der Waals surface area (Å²) in [5.41, 5.74) is 37.1. The van der Waals surface area contributed by atoms with E-state index in [0.29, 0.717) is 0 Å². The molecular weight excluding hydrogens is 1070 g/mol. The van der Waals surface area contributed by atoms with Gasteiger partial charge in [0.15, 0.2) is 0 Å². The van der Waals surface area contributed by atoms with E-state index >= 15 is 0 Å². The molecule has 426 valence electrons. The van der Waals surface area contributed by atoms with Crippen molar-refractivity contribution in [2.45, 2.75) is 89.4 Å². The van der Waals surface area contributed by atoms with Crippen molar-refractivity contribution in [3.63, 3.8) is 0 Å². The first kappa shape index (κ1) is 52.4. The second-order valence-corrected chi connectivity index (χ2v) is 29.1. The van der Waals surface area contributed by atoms with Gasteiger partial charge in [-0.2, -0.15) is 0 Å². The maximum absolute atomic E-state index is 2.76. The van der Waals surface area contributed by atoms with Crippen LogP contribution >= 0.6 is 0 Å². The summed E-state index contributed by atoms with van der Waals surface area (Å²) in [6.07, 6.45) is 0. The fourth-order valence-corrected chi connectivity index (χ4v) is 17.4. The van der Waals surface area contributed by atoms with Crippen molar-refractivity contribution >= 4 is 57.2 Å². The lowest BCUT2D eigenvalue weighted by Crippen LogP contribution is -2.61. The molecule has 3 heteroatoms. The minimum absolute atomic E-state index is 0.0124. The molecule has 0 atom stereocenters. The summed E-state index contributed by atoms with van der Waals surface area (Å²) in [5.74, 6) is 0. The molecule has 2 aliphatic heterocycles. The highest BCUT2D eigenvalue weighted by Gasteiger charge is 2.57. The Bertz CT molecular complexity index is 4640. The number of hydrogen-bond acceptors (Lipinski definition) is 2. The highest BCUT2D eigenvalue weighted by atomic mass is 15.2. The lowest BCUT2D eigenvalue weighted by Gasteiger charge is -2.47. The zero-order valence-corrected chi connectivity index (χ0v) is 52.2. The lowest BCUT2D eigenvalue weighted by molar-refractivity contribution is 0.590. The molecule has 0 fully saturated rings. The SMILES string of the molecule is CC(C)(C)c1ccc(-c2cc3c4c(c2)N(c2cccc5c2C2(c6ccccc6-c6ccccc62)c2ccccc2-5)c2cc(C(C)(C)C)ccc2B4c2ccc(C(C)(C)C)cc2N3c2cccc3c2C2(c4ccccc4-c4ccccc42)c2ccccc2-3)cc1. The molecule has 4 aliphatic carbocycles. The average molecular weight is 1140 g/mol. The molecule has 2 heterocycles. The Hall–Kier alpha value is -9.70. The van der Waals surface area contributed by atoms with Crippen molar-refractivity contribution in [2.75, 3.05) is 9.80 Å². The van der Waals surface area contributed by atoms with Crippen LogP contribution in [0.1, 0.15) is 124 Å². The summed E-state index contributed by atoms with van der Waals surface area (Å²) < 4.78 is 0. The zero-order chi connectivity index (χ0) is 60.3. The molecule has 2 spiro atoms. The van der Waals surface area contributed by atoms with Gasteiger partial charge in [0.2, 0.25) is 0 Å². The highest BCUT2D eigenvalue weighted by molar-refractivity contribution is 7.00. The largest absolute Gasteiger partial charge is 0.311 e. The summed E-state index contributed by atoms with van der Waals surface area (Å²) in [6.45, 7) is 21.1. The van der Waals surface area contributed by atoms with Gasteiger partial charge >= 0.3 is 0 Å². The first-order valence-electron chi connectivity index (χ1n) is 32.1. The second kappa shape index (κ2) is 18.0. The Morgan fingerprint density at radius 1 is 0.258 bits per heavy atom. The van der Waals surface area contributed by atoms with Gasteiger partial charge in [-0.15, -0.1) is 0 Å². The minimum Gasteiger partial charge on any atom is -0.311 e. The number of fused-ring (bicyclic) bond motifs is 24. The molecule has 0 radical (unpaired) electrons. The third-order valence-corrected chi connectivity index (χ3v) is 21.4. The molecule has 0 bridgehead atoms. The Morgan fingerprint density at radius 2 is 0.562 bits per heavy atom. The molecule has 0 unspecified atom stereocenters. The molecule has 0 saturated heterocycles. The minimum atomic E-state index is -0.599. The van der Waals surface area contributed by atoms with Gasteiger partial charge in [0.05, 0.1) is 22.2 Å². The predicted molar refractivity (Wildman–Crippen MR) is 375 cm³/mol. The predicted octanol–water partition coefficient (Wildman–Crippen LogP) is 20.0. The Morgan fingerprint density at radius 3 is 0.899 bits per heavy atom. The van der Waals surface area contributed by atoms with Gasteiger partial charge in [0.25, 0.3) is 6.71 Å². The van der Waals surface area contributed by atoms with Crippen molar-refractivity contribution in [2.24, 2.45) is 0 Å².